The van der Waals surface area contributed by atoms with Crippen LogP contribution in [0.2, 0.25) is 0 Å². The van der Waals surface area contributed by atoms with Crippen LogP contribution >= 0.6 is 0 Å². The lowest BCUT2D eigenvalue weighted by Crippen LogP contribution is -2.45. The molecule has 1 aliphatic heterocycles. The number of H-pyrrole nitrogens is 1. The Labute approximate surface area is 136 Å². The number of piperidine rings is 1. The molecule has 0 radical (unpaired) electrons. The Morgan fingerprint density at radius 1 is 1.39 bits per heavy atom. The molecule has 5 heteroatoms. The maximum absolute atomic E-state index is 12.7. The molecule has 1 amide bonds. The molecule has 0 bridgehead atoms. The number of rotatable bonds is 3. The number of likely N-dealkylation sites (tertiary alicyclic amines) is 1. The van der Waals surface area contributed by atoms with Gasteiger partial charge in [-0.25, -0.2) is 0 Å². The van der Waals surface area contributed by atoms with Crippen LogP contribution in [0.25, 0.3) is 11.3 Å². The van der Waals surface area contributed by atoms with Gasteiger partial charge in [0.05, 0.1) is 5.69 Å². The zero-order valence-electron chi connectivity index (χ0n) is 13.7. The number of nitrogens with zero attached hydrogens (tertiary/aromatic N) is 2. The molecule has 2 heterocycles. The Bertz CT molecular complexity index is 675. The Morgan fingerprint density at radius 3 is 2.83 bits per heavy atom. The minimum atomic E-state index is 0.0150. The van der Waals surface area contributed by atoms with Crippen molar-refractivity contribution in [1.29, 1.82) is 0 Å². The SMILES string of the molecule is Cc1ccc(-c2cc(C(=O)N3CCCC(C(C)N)C3)[nH]n2)cc1. The number of aromatic nitrogens is 2. The normalized spacial score (nSPS) is 19.6. The van der Waals surface area contributed by atoms with Crippen LogP contribution in [-0.4, -0.2) is 40.1 Å². The smallest absolute Gasteiger partial charge is 0.271 e. The van der Waals surface area contributed by atoms with Crippen molar-refractivity contribution in [2.75, 3.05) is 13.1 Å². The van der Waals surface area contributed by atoms with Crippen molar-refractivity contribution in [3.63, 3.8) is 0 Å². The molecular weight excluding hydrogens is 288 g/mol. The lowest BCUT2D eigenvalue weighted by molar-refractivity contribution is 0.0655. The highest BCUT2D eigenvalue weighted by atomic mass is 16.2. The van der Waals surface area contributed by atoms with E-state index in [2.05, 4.69) is 17.1 Å². The van der Waals surface area contributed by atoms with Crippen LogP contribution in [-0.2, 0) is 0 Å². The third-order valence-electron chi connectivity index (χ3n) is 4.64. The fraction of sp³-hybridized carbons (Fsp3) is 0.444. The summed E-state index contributed by atoms with van der Waals surface area (Å²) in [6.07, 6.45) is 2.11. The van der Waals surface area contributed by atoms with E-state index in [0.717, 1.165) is 37.2 Å². The minimum absolute atomic E-state index is 0.0150. The molecule has 2 atom stereocenters. The van der Waals surface area contributed by atoms with E-state index in [4.69, 9.17) is 5.73 Å². The Kier molecular flexibility index (Phi) is 4.48. The largest absolute Gasteiger partial charge is 0.337 e. The number of benzene rings is 1. The van der Waals surface area contributed by atoms with Gasteiger partial charge in [0.2, 0.25) is 0 Å². The quantitative estimate of drug-likeness (QED) is 0.914. The van der Waals surface area contributed by atoms with Crippen molar-refractivity contribution in [2.45, 2.75) is 32.7 Å². The Balaban J connectivity index is 1.74. The highest BCUT2D eigenvalue weighted by molar-refractivity contribution is 5.93. The van der Waals surface area contributed by atoms with Crippen molar-refractivity contribution in [3.05, 3.63) is 41.6 Å². The average Bonchev–Trinajstić information content (AvgIpc) is 3.05. The van der Waals surface area contributed by atoms with E-state index < -0.39 is 0 Å². The molecule has 1 aliphatic rings. The zero-order valence-corrected chi connectivity index (χ0v) is 13.7. The van der Waals surface area contributed by atoms with Gasteiger partial charge in [-0.15, -0.1) is 0 Å². The summed E-state index contributed by atoms with van der Waals surface area (Å²) < 4.78 is 0. The first kappa shape index (κ1) is 15.7. The average molecular weight is 312 g/mol. The molecule has 0 aliphatic carbocycles. The second-order valence-corrected chi connectivity index (χ2v) is 6.55. The van der Waals surface area contributed by atoms with Gasteiger partial charge in [0.15, 0.2) is 0 Å². The van der Waals surface area contributed by atoms with E-state index in [1.165, 1.54) is 5.56 Å². The van der Waals surface area contributed by atoms with E-state index in [0.29, 0.717) is 11.6 Å². The molecule has 1 saturated heterocycles. The summed E-state index contributed by atoms with van der Waals surface area (Å²) in [5, 5.41) is 7.18. The van der Waals surface area contributed by atoms with Crippen molar-refractivity contribution in [1.82, 2.24) is 15.1 Å². The third kappa shape index (κ3) is 3.45. The van der Waals surface area contributed by atoms with Crippen LogP contribution in [0.3, 0.4) is 0 Å². The number of hydrogen-bond acceptors (Lipinski definition) is 3. The molecular formula is C18H24N4O. The van der Waals surface area contributed by atoms with Crippen LogP contribution in [0, 0.1) is 12.8 Å². The monoisotopic (exact) mass is 312 g/mol. The molecule has 5 nitrogen and oxygen atoms in total. The second-order valence-electron chi connectivity index (χ2n) is 6.55. The predicted molar refractivity (Wildman–Crippen MR) is 91.0 cm³/mol. The van der Waals surface area contributed by atoms with E-state index in [9.17, 15) is 4.79 Å². The predicted octanol–water partition coefficient (Wildman–Crippen LogP) is 2.58. The Morgan fingerprint density at radius 2 is 2.13 bits per heavy atom. The molecule has 0 saturated carbocycles. The van der Waals surface area contributed by atoms with Crippen LogP contribution in [0.5, 0.6) is 0 Å². The van der Waals surface area contributed by atoms with Gasteiger partial charge < -0.3 is 10.6 Å². The number of carbonyl (C=O) groups is 1. The lowest BCUT2D eigenvalue weighted by Gasteiger charge is -2.34. The molecule has 1 aromatic heterocycles. The van der Waals surface area contributed by atoms with Crippen molar-refractivity contribution >= 4 is 5.91 Å². The number of carbonyl (C=O) groups excluding carboxylic acids is 1. The summed E-state index contributed by atoms with van der Waals surface area (Å²) in [5.74, 6) is 0.397. The van der Waals surface area contributed by atoms with Gasteiger partial charge in [0.25, 0.3) is 5.91 Å². The van der Waals surface area contributed by atoms with Gasteiger partial charge in [-0.2, -0.15) is 5.10 Å². The lowest BCUT2D eigenvalue weighted by atomic mass is 9.92. The first-order valence-corrected chi connectivity index (χ1v) is 8.22. The summed E-state index contributed by atoms with van der Waals surface area (Å²) >= 11 is 0. The van der Waals surface area contributed by atoms with Crippen LogP contribution in [0.15, 0.2) is 30.3 Å². The highest BCUT2D eigenvalue weighted by Crippen LogP contribution is 2.22. The van der Waals surface area contributed by atoms with Gasteiger partial charge in [0, 0.05) is 24.7 Å². The summed E-state index contributed by atoms with van der Waals surface area (Å²) in [6.45, 7) is 5.59. The molecule has 3 rings (SSSR count). The number of nitrogens with two attached hydrogens (primary N) is 1. The van der Waals surface area contributed by atoms with Crippen molar-refractivity contribution in [2.24, 2.45) is 11.7 Å². The maximum atomic E-state index is 12.7. The van der Waals surface area contributed by atoms with Crippen LogP contribution in [0.4, 0.5) is 0 Å². The zero-order chi connectivity index (χ0) is 16.4. The molecule has 122 valence electrons. The van der Waals surface area contributed by atoms with Gasteiger partial charge in [-0.1, -0.05) is 29.8 Å². The minimum Gasteiger partial charge on any atom is -0.337 e. The Hall–Kier alpha value is -2.14. The first-order valence-electron chi connectivity index (χ1n) is 8.22. The fourth-order valence-electron chi connectivity index (χ4n) is 3.10. The molecule has 2 aromatic rings. The molecule has 1 aromatic carbocycles. The van der Waals surface area contributed by atoms with Crippen LogP contribution < -0.4 is 5.73 Å². The molecule has 2 unspecified atom stereocenters. The maximum Gasteiger partial charge on any atom is 0.271 e. The van der Waals surface area contributed by atoms with Gasteiger partial charge in [-0.05, 0) is 38.7 Å². The summed E-state index contributed by atoms with van der Waals surface area (Å²) in [6, 6.07) is 10.1. The summed E-state index contributed by atoms with van der Waals surface area (Å²) in [4.78, 5) is 14.6. The summed E-state index contributed by atoms with van der Waals surface area (Å²) in [7, 11) is 0. The van der Waals surface area contributed by atoms with Crippen LogP contribution in [0.1, 0.15) is 35.8 Å². The summed E-state index contributed by atoms with van der Waals surface area (Å²) in [5.41, 5.74) is 9.57. The molecule has 1 fully saturated rings. The number of hydrogen-bond donors (Lipinski definition) is 2. The molecule has 23 heavy (non-hydrogen) atoms. The van der Waals surface area contributed by atoms with E-state index >= 15 is 0 Å². The third-order valence-corrected chi connectivity index (χ3v) is 4.64. The second kappa shape index (κ2) is 6.54. The molecule has 0 spiro atoms. The highest BCUT2D eigenvalue weighted by Gasteiger charge is 2.27. The number of aromatic amines is 1. The topological polar surface area (TPSA) is 75.0 Å². The van der Waals surface area contributed by atoms with E-state index in [1.807, 2.05) is 42.2 Å². The first-order chi connectivity index (χ1) is 11.0. The standard InChI is InChI=1S/C18H24N4O/c1-12-5-7-14(8-6-12)16-10-17(21-20-16)18(23)22-9-3-4-15(11-22)13(2)19/h5-8,10,13,15H,3-4,9,11,19H2,1-2H3,(H,20,21). The molecule has 3 N–H and O–H groups in total. The van der Waals surface area contributed by atoms with E-state index in [1.54, 1.807) is 0 Å². The van der Waals surface area contributed by atoms with Crippen molar-refractivity contribution in [3.8, 4) is 11.3 Å². The van der Waals surface area contributed by atoms with Gasteiger partial charge >= 0.3 is 0 Å². The van der Waals surface area contributed by atoms with Gasteiger partial charge in [-0.3, -0.25) is 9.89 Å². The van der Waals surface area contributed by atoms with Gasteiger partial charge in [0.1, 0.15) is 5.69 Å². The van der Waals surface area contributed by atoms with E-state index in [-0.39, 0.29) is 11.9 Å². The number of amides is 1. The fourth-order valence-corrected chi connectivity index (χ4v) is 3.10. The number of aryl methyl sites for hydroxylation is 1. The van der Waals surface area contributed by atoms with Crippen molar-refractivity contribution < 1.29 is 4.79 Å². The number of nitrogens with one attached hydrogen (secondary N) is 1.